The number of aryl methyl sites for hydroxylation is 1. The van der Waals surface area contributed by atoms with Crippen LogP contribution in [0, 0.1) is 6.92 Å². The molecule has 0 saturated carbocycles. The lowest BCUT2D eigenvalue weighted by Crippen LogP contribution is -2.50. The van der Waals surface area contributed by atoms with Gasteiger partial charge in [0.15, 0.2) is 5.82 Å². The average Bonchev–Trinajstić information content (AvgIpc) is 3.10. The third-order valence-corrected chi connectivity index (χ3v) is 8.38. The van der Waals surface area contributed by atoms with Crippen LogP contribution < -0.4 is 9.80 Å². The molecule has 3 aliphatic rings. The molecule has 162 valence electrons. The highest BCUT2D eigenvalue weighted by atomic mass is 15.5. The van der Waals surface area contributed by atoms with Gasteiger partial charge in [0.05, 0.1) is 5.69 Å². The first-order chi connectivity index (χ1) is 15.4. The zero-order chi connectivity index (χ0) is 22.3. The summed E-state index contributed by atoms with van der Waals surface area (Å²) in [5.41, 5.74) is 9.29. The number of benzene rings is 2. The van der Waals surface area contributed by atoms with Crippen molar-refractivity contribution in [3.05, 3.63) is 89.6 Å². The van der Waals surface area contributed by atoms with E-state index in [0.29, 0.717) is 0 Å². The summed E-state index contributed by atoms with van der Waals surface area (Å²) in [6, 6.07) is 20.1. The van der Waals surface area contributed by atoms with Gasteiger partial charge < -0.3 is 4.90 Å². The van der Waals surface area contributed by atoms with Crippen LogP contribution in [0.3, 0.4) is 0 Å². The Morgan fingerprint density at radius 2 is 1.75 bits per heavy atom. The van der Waals surface area contributed by atoms with Crippen molar-refractivity contribution in [3.8, 4) is 0 Å². The van der Waals surface area contributed by atoms with Gasteiger partial charge in [0.1, 0.15) is 6.17 Å². The number of anilines is 4. The molecule has 3 heteroatoms. The van der Waals surface area contributed by atoms with E-state index in [0.717, 1.165) is 25.1 Å². The largest absolute Gasteiger partial charge is 0.313 e. The molecule has 0 radical (unpaired) electrons. The maximum Gasteiger partial charge on any atom is 0.159 e. The van der Waals surface area contributed by atoms with Crippen LogP contribution in [0.5, 0.6) is 0 Å². The SMILES string of the molecule is C=C1C2N(c3ccc4cc3C1(CC)CCC4(C)C)c1cccnc1N2c1ccccc1C. The maximum absolute atomic E-state index is 4.89. The van der Waals surface area contributed by atoms with E-state index in [1.165, 1.54) is 39.3 Å². The van der Waals surface area contributed by atoms with Gasteiger partial charge in [0.25, 0.3) is 0 Å². The molecule has 0 amide bonds. The van der Waals surface area contributed by atoms with E-state index in [1.54, 1.807) is 0 Å². The summed E-state index contributed by atoms with van der Waals surface area (Å²) < 4.78 is 0. The molecule has 2 bridgehead atoms. The minimum absolute atomic E-state index is 0.0245. The van der Waals surface area contributed by atoms with Crippen LogP contribution in [0.1, 0.15) is 56.7 Å². The number of rotatable bonds is 2. The lowest BCUT2D eigenvalue weighted by Gasteiger charge is -2.49. The first-order valence-corrected chi connectivity index (χ1v) is 11.8. The standard InChI is InChI=1S/C29H31N3/c1-6-29-16-15-28(4,5)21-13-14-24(22(29)18-21)31-25-12-9-17-30-26(25)32(27(31)20(29)3)23-11-8-7-10-19(23)2/h7-14,17-18,27H,3,6,15-16H2,1-2,4-5H3. The van der Waals surface area contributed by atoms with Gasteiger partial charge >= 0.3 is 0 Å². The summed E-state index contributed by atoms with van der Waals surface area (Å²) in [5.74, 6) is 1.02. The molecule has 0 fully saturated rings. The van der Waals surface area contributed by atoms with E-state index in [-0.39, 0.29) is 17.0 Å². The predicted molar refractivity (Wildman–Crippen MR) is 133 cm³/mol. The van der Waals surface area contributed by atoms with Gasteiger partial charge in [0.2, 0.25) is 0 Å². The van der Waals surface area contributed by atoms with Crippen LogP contribution in [-0.4, -0.2) is 11.1 Å². The molecule has 2 aliphatic heterocycles. The van der Waals surface area contributed by atoms with Crippen molar-refractivity contribution in [1.82, 2.24) is 4.98 Å². The number of nitrogens with zero attached hydrogens (tertiary/aromatic N) is 3. The topological polar surface area (TPSA) is 19.4 Å². The molecule has 2 atom stereocenters. The van der Waals surface area contributed by atoms with Gasteiger partial charge in [-0.25, -0.2) is 4.98 Å². The highest BCUT2D eigenvalue weighted by Gasteiger charge is 2.53. The van der Waals surface area contributed by atoms with Crippen LogP contribution in [0.4, 0.5) is 22.9 Å². The van der Waals surface area contributed by atoms with Crippen molar-refractivity contribution in [3.63, 3.8) is 0 Å². The molecule has 0 N–H and O–H groups in total. The van der Waals surface area contributed by atoms with Crippen LogP contribution in [0.2, 0.25) is 0 Å². The van der Waals surface area contributed by atoms with Crippen molar-refractivity contribution in [2.45, 2.75) is 64.0 Å². The highest BCUT2D eigenvalue weighted by molar-refractivity contribution is 5.91. The fraction of sp³-hybridized carbons (Fsp3) is 0.345. The number of pyridine rings is 1. The van der Waals surface area contributed by atoms with Crippen molar-refractivity contribution in [2.24, 2.45) is 0 Å². The van der Waals surface area contributed by atoms with Gasteiger partial charge in [-0.3, -0.25) is 4.90 Å². The Morgan fingerprint density at radius 3 is 2.53 bits per heavy atom. The second-order valence-electron chi connectivity index (χ2n) is 10.3. The van der Waals surface area contributed by atoms with Gasteiger partial charge in [-0.2, -0.15) is 0 Å². The monoisotopic (exact) mass is 421 g/mol. The average molecular weight is 422 g/mol. The van der Waals surface area contributed by atoms with E-state index in [2.05, 4.69) is 92.1 Å². The summed E-state index contributed by atoms with van der Waals surface area (Å²) >= 11 is 0. The molecule has 3 aromatic rings. The highest BCUT2D eigenvalue weighted by Crippen LogP contribution is 2.61. The predicted octanol–water partition coefficient (Wildman–Crippen LogP) is 7.29. The van der Waals surface area contributed by atoms with Crippen molar-refractivity contribution >= 4 is 22.9 Å². The first-order valence-electron chi connectivity index (χ1n) is 11.8. The molecule has 32 heavy (non-hydrogen) atoms. The second-order valence-corrected chi connectivity index (χ2v) is 10.3. The summed E-state index contributed by atoms with van der Waals surface area (Å²) in [5, 5.41) is 0. The maximum atomic E-state index is 4.89. The Labute approximate surface area is 191 Å². The van der Waals surface area contributed by atoms with Gasteiger partial charge in [-0.1, -0.05) is 57.7 Å². The lowest BCUT2D eigenvalue weighted by molar-refractivity contribution is 0.357. The molecule has 1 aromatic heterocycles. The molecule has 2 aromatic carbocycles. The fourth-order valence-electron chi connectivity index (χ4n) is 6.31. The summed E-state index contributed by atoms with van der Waals surface area (Å²) in [4.78, 5) is 9.80. The summed E-state index contributed by atoms with van der Waals surface area (Å²) in [7, 11) is 0. The van der Waals surface area contributed by atoms with E-state index in [9.17, 15) is 0 Å². The van der Waals surface area contributed by atoms with E-state index >= 15 is 0 Å². The van der Waals surface area contributed by atoms with Crippen molar-refractivity contribution < 1.29 is 0 Å². The normalized spacial score (nSPS) is 24.8. The second kappa shape index (κ2) is 6.48. The van der Waals surface area contributed by atoms with Crippen LogP contribution in [-0.2, 0) is 10.8 Å². The van der Waals surface area contributed by atoms with Crippen LogP contribution in [0.25, 0.3) is 0 Å². The molecule has 3 heterocycles. The van der Waals surface area contributed by atoms with Gasteiger partial charge in [-0.05, 0) is 78.1 Å². The Morgan fingerprint density at radius 1 is 0.969 bits per heavy atom. The Kier molecular flexibility index (Phi) is 3.97. The Hall–Kier alpha value is -3.07. The van der Waals surface area contributed by atoms with Gasteiger partial charge in [-0.15, -0.1) is 0 Å². The van der Waals surface area contributed by atoms with Crippen molar-refractivity contribution in [2.75, 3.05) is 9.80 Å². The first kappa shape index (κ1) is 19.6. The molecule has 6 rings (SSSR count). The molecule has 1 aliphatic carbocycles. The number of para-hydroxylation sites is 1. The minimum Gasteiger partial charge on any atom is -0.313 e. The summed E-state index contributed by atoms with van der Waals surface area (Å²) in [6.07, 6.45) is 5.29. The van der Waals surface area contributed by atoms with Crippen molar-refractivity contribution in [1.29, 1.82) is 0 Å². The molecule has 3 nitrogen and oxygen atoms in total. The molecule has 0 saturated heterocycles. The van der Waals surface area contributed by atoms with Gasteiger partial charge in [0, 0.05) is 23.0 Å². The zero-order valence-electron chi connectivity index (χ0n) is 19.5. The fourth-order valence-corrected chi connectivity index (χ4v) is 6.31. The molecule has 0 spiro atoms. The van der Waals surface area contributed by atoms with E-state index in [4.69, 9.17) is 11.6 Å². The zero-order valence-corrected chi connectivity index (χ0v) is 19.5. The third kappa shape index (κ3) is 2.34. The van der Waals surface area contributed by atoms with Crippen LogP contribution >= 0.6 is 0 Å². The number of fused-ring (bicyclic) bond motifs is 5. The lowest BCUT2D eigenvalue weighted by atomic mass is 9.66. The quantitative estimate of drug-likeness (QED) is 0.405. The Bertz CT molecular complexity index is 1260. The minimum atomic E-state index is -0.0245. The smallest absolute Gasteiger partial charge is 0.159 e. The van der Waals surface area contributed by atoms with E-state index in [1.807, 2.05) is 6.20 Å². The third-order valence-electron chi connectivity index (χ3n) is 8.38. The number of aromatic nitrogens is 1. The Balaban J connectivity index is 1.66. The number of hydrogen-bond donors (Lipinski definition) is 0. The van der Waals surface area contributed by atoms with Crippen LogP contribution in [0.15, 0.2) is 72.9 Å². The molecule has 2 unspecified atom stereocenters. The summed E-state index contributed by atoms with van der Waals surface area (Å²) in [6.45, 7) is 14.2. The number of hydrogen-bond acceptors (Lipinski definition) is 3. The molecular weight excluding hydrogens is 390 g/mol. The van der Waals surface area contributed by atoms with E-state index < -0.39 is 0 Å². The molecular formula is C29H31N3.